The number of aryl methyl sites for hydroxylation is 2. The maximum atomic E-state index is 9.30. The van der Waals surface area contributed by atoms with Crippen LogP contribution in [-0.4, -0.2) is 5.11 Å². The number of anilines is 1. The van der Waals surface area contributed by atoms with Crippen molar-refractivity contribution in [3.63, 3.8) is 0 Å². The van der Waals surface area contributed by atoms with E-state index in [0.717, 1.165) is 28.3 Å². The third-order valence-corrected chi connectivity index (χ3v) is 3.11. The molecule has 2 aromatic rings. The number of hydrogen-bond donors (Lipinski definition) is 2. The zero-order valence-corrected chi connectivity index (χ0v) is 11.0. The summed E-state index contributed by atoms with van der Waals surface area (Å²) in [6.07, 6.45) is 0. The molecule has 18 heavy (non-hydrogen) atoms. The number of nitrogens with one attached hydrogen (secondary N) is 1. The Morgan fingerprint density at radius 3 is 2.61 bits per heavy atom. The summed E-state index contributed by atoms with van der Waals surface area (Å²) in [5.74, 6) is 1.86. The molecule has 0 fully saturated rings. The molecule has 0 aliphatic rings. The summed E-state index contributed by atoms with van der Waals surface area (Å²) in [5.41, 5.74) is 3.02. The summed E-state index contributed by atoms with van der Waals surface area (Å²) in [7, 11) is 0. The molecule has 2 rings (SSSR count). The van der Waals surface area contributed by atoms with Crippen molar-refractivity contribution in [3.8, 4) is 0 Å². The molecule has 0 saturated heterocycles. The first-order chi connectivity index (χ1) is 8.61. The standard InChI is InChI=1S/C15H19NO2/c1-10-8-14(12(3)18-10)11(2)16-15-7-5-4-6-13(15)9-17/h4-8,11,16-17H,9H2,1-3H3. The topological polar surface area (TPSA) is 45.4 Å². The molecule has 3 heteroatoms. The summed E-state index contributed by atoms with van der Waals surface area (Å²) in [6.45, 7) is 6.05. The minimum absolute atomic E-state index is 0.0410. The zero-order chi connectivity index (χ0) is 13.1. The van der Waals surface area contributed by atoms with Gasteiger partial charge in [-0.1, -0.05) is 18.2 Å². The number of hydrogen-bond acceptors (Lipinski definition) is 3. The van der Waals surface area contributed by atoms with Crippen LogP contribution >= 0.6 is 0 Å². The fourth-order valence-electron chi connectivity index (χ4n) is 2.19. The van der Waals surface area contributed by atoms with Crippen LogP contribution in [0.4, 0.5) is 5.69 Å². The minimum Gasteiger partial charge on any atom is -0.466 e. The average Bonchev–Trinajstić information content (AvgIpc) is 2.69. The second-order valence-corrected chi connectivity index (χ2v) is 4.55. The Hall–Kier alpha value is -1.74. The zero-order valence-electron chi connectivity index (χ0n) is 11.0. The van der Waals surface area contributed by atoms with E-state index < -0.39 is 0 Å². The van der Waals surface area contributed by atoms with Crippen LogP contribution < -0.4 is 5.32 Å². The Kier molecular flexibility index (Phi) is 3.72. The molecule has 0 aliphatic carbocycles. The highest BCUT2D eigenvalue weighted by Gasteiger charge is 2.13. The third-order valence-electron chi connectivity index (χ3n) is 3.11. The van der Waals surface area contributed by atoms with E-state index in [0.29, 0.717) is 0 Å². The molecule has 1 heterocycles. The van der Waals surface area contributed by atoms with E-state index in [9.17, 15) is 5.11 Å². The van der Waals surface area contributed by atoms with Crippen LogP contribution in [0.5, 0.6) is 0 Å². The monoisotopic (exact) mass is 245 g/mol. The molecule has 0 bridgehead atoms. The summed E-state index contributed by atoms with van der Waals surface area (Å²) < 4.78 is 5.54. The van der Waals surface area contributed by atoms with Crippen molar-refractivity contribution in [3.05, 3.63) is 53.0 Å². The highest BCUT2D eigenvalue weighted by molar-refractivity contribution is 5.52. The van der Waals surface area contributed by atoms with E-state index in [1.54, 1.807) is 0 Å². The summed E-state index contributed by atoms with van der Waals surface area (Å²) in [6, 6.07) is 9.98. The van der Waals surface area contributed by atoms with Crippen LogP contribution in [0.2, 0.25) is 0 Å². The number of furan rings is 1. The van der Waals surface area contributed by atoms with Crippen LogP contribution in [0.1, 0.15) is 35.6 Å². The molecule has 0 amide bonds. The van der Waals surface area contributed by atoms with Crippen LogP contribution in [0.3, 0.4) is 0 Å². The molecule has 0 aliphatic heterocycles. The van der Waals surface area contributed by atoms with Gasteiger partial charge in [0.15, 0.2) is 0 Å². The fourth-order valence-corrected chi connectivity index (χ4v) is 2.19. The van der Waals surface area contributed by atoms with Crippen molar-refractivity contribution >= 4 is 5.69 Å². The second kappa shape index (κ2) is 5.27. The number of benzene rings is 1. The van der Waals surface area contributed by atoms with E-state index in [2.05, 4.69) is 18.3 Å². The summed E-state index contributed by atoms with van der Waals surface area (Å²) in [5, 5.41) is 12.7. The lowest BCUT2D eigenvalue weighted by molar-refractivity contribution is 0.282. The molecule has 3 nitrogen and oxygen atoms in total. The number of rotatable bonds is 4. The van der Waals surface area contributed by atoms with Gasteiger partial charge in [0.25, 0.3) is 0 Å². The average molecular weight is 245 g/mol. The first-order valence-corrected chi connectivity index (χ1v) is 6.14. The normalized spacial score (nSPS) is 12.4. The van der Waals surface area contributed by atoms with Crippen molar-refractivity contribution in [2.45, 2.75) is 33.4 Å². The van der Waals surface area contributed by atoms with Gasteiger partial charge in [-0.25, -0.2) is 0 Å². The smallest absolute Gasteiger partial charge is 0.106 e. The molecular formula is C15H19NO2. The number of aliphatic hydroxyl groups is 1. The van der Waals surface area contributed by atoms with Crippen LogP contribution in [0.25, 0.3) is 0 Å². The highest BCUT2D eigenvalue weighted by atomic mass is 16.3. The van der Waals surface area contributed by atoms with Gasteiger partial charge in [-0.15, -0.1) is 0 Å². The predicted molar refractivity (Wildman–Crippen MR) is 72.6 cm³/mol. The molecule has 0 spiro atoms. The predicted octanol–water partition coefficient (Wildman–Crippen LogP) is 3.56. The fraction of sp³-hybridized carbons (Fsp3) is 0.333. The van der Waals surface area contributed by atoms with Gasteiger partial charge in [-0.05, 0) is 32.9 Å². The van der Waals surface area contributed by atoms with Crippen LogP contribution in [-0.2, 0) is 6.61 Å². The van der Waals surface area contributed by atoms with Crippen molar-refractivity contribution in [2.24, 2.45) is 0 Å². The maximum absolute atomic E-state index is 9.30. The van der Waals surface area contributed by atoms with Gasteiger partial charge < -0.3 is 14.8 Å². The minimum atomic E-state index is 0.0410. The largest absolute Gasteiger partial charge is 0.466 e. The summed E-state index contributed by atoms with van der Waals surface area (Å²) >= 11 is 0. The molecule has 0 radical (unpaired) electrons. The number of para-hydroxylation sites is 1. The molecule has 1 aromatic heterocycles. The van der Waals surface area contributed by atoms with E-state index in [4.69, 9.17) is 4.42 Å². The molecule has 1 aromatic carbocycles. The van der Waals surface area contributed by atoms with Crippen LogP contribution in [0, 0.1) is 13.8 Å². The molecule has 2 N–H and O–H groups in total. The van der Waals surface area contributed by atoms with Crippen molar-refractivity contribution < 1.29 is 9.52 Å². The lowest BCUT2D eigenvalue weighted by Crippen LogP contribution is -2.08. The Morgan fingerprint density at radius 1 is 1.28 bits per heavy atom. The van der Waals surface area contributed by atoms with Crippen molar-refractivity contribution in [1.29, 1.82) is 0 Å². The van der Waals surface area contributed by atoms with Gasteiger partial charge >= 0.3 is 0 Å². The van der Waals surface area contributed by atoms with Gasteiger partial charge in [0.05, 0.1) is 12.6 Å². The molecular weight excluding hydrogens is 226 g/mol. The second-order valence-electron chi connectivity index (χ2n) is 4.55. The van der Waals surface area contributed by atoms with Gasteiger partial charge in [0, 0.05) is 16.8 Å². The molecule has 0 saturated carbocycles. The van der Waals surface area contributed by atoms with Gasteiger partial charge in [0.1, 0.15) is 11.5 Å². The van der Waals surface area contributed by atoms with Crippen molar-refractivity contribution in [1.82, 2.24) is 0 Å². The van der Waals surface area contributed by atoms with E-state index >= 15 is 0 Å². The maximum Gasteiger partial charge on any atom is 0.106 e. The summed E-state index contributed by atoms with van der Waals surface area (Å²) in [4.78, 5) is 0. The lowest BCUT2D eigenvalue weighted by atomic mass is 10.1. The first-order valence-electron chi connectivity index (χ1n) is 6.14. The first kappa shape index (κ1) is 12.7. The molecule has 1 unspecified atom stereocenters. The lowest BCUT2D eigenvalue weighted by Gasteiger charge is -2.17. The van der Waals surface area contributed by atoms with Gasteiger partial charge in [0.2, 0.25) is 0 Å². The molecule has 96 valence electrons. The van der Waals surface area contributed by atoms with Crippen molar-refractivity contribution in [2.75, 3.05) is 5.32 Å². The Bertz CT molecular complexity index is 531. The third kappa shape index (κ3) is 2.57. The van der Waals surface area contributed by atoms with Gasteiger partial charge in [-0.3, -0.25) is 0 Å². The van der Waals surface area contributed by atoms with Crippen LogP contribution in [0.15, 0.2) is 34.7 Å². The highest BCUT2D eigenvalue weighted by Crippen LogP contribution is 2.26. The SMILES string of the molecule is Cc1cc(C(C)Nc2ccccc2CO)c(C)o1. The Morgan fingerprint density at radius 2 is 2.00 bits per heavy atom. The number of aliphatic hydroxyl groups excluding tert-OH is 1. The Balaban J connectivity index is 2.21. The van der Waals surface area contributed by atoms with E-state index in [1.807, 2.05) is 38.1 Å². The molecule has 1 atom stereocenters. The quantitative estimate of drug-likeness (QED) is 0.865. The van der Waals surface area contributed by atoms with E-state index in [-0.39, 0.29) is 12.6 Å². The van der Waals surface area contributed by atoms with E-state index in [1.165, 1.54) is 0 Å². The Labute approximate surface area is 107 Å². The van der Waals surface area contributed by atoms with Gasteiger partial charge in [-0.2, -0.15) is 0 Å².